The molecule has 2 heterocycles. The predicted octanol–water partition coefficient (Wildman–Crippen LogP) is 4.80. The third kappa shape index (κ3) is 3.99. The number of para-hydroxylation sites is 1. The molecule has 0 saturated carbocycles. The lowest BCUT2D eigenvalue weighted by atomic mass is 10.0. The Kier molecular flexibility index (Phi) is 6.24. The van der Waals surface area contributed by atoms with Gasteiger partial charge in [0, 0.05) is 36.1 Å². The molecule has 168 valence electrons. The second-order valence-electron chi connectivity index (χ2n) is 8.32. The van der Waals surface area contributed by atoms with E-state index < -0.39 is 23.6 Å². The van der Waals surface area contributed by atoms with Crippen LogP contribution >= 0.6 is 11.8 Å². The van der Waals surface area contributed by atoms with E-state index in [0.717, 1.165) is 34.5 Å². The first kappa shape index (κ1) is 22.3. The van der Waals surface area contributed by atoms with Gasteiger partial charge < -0.3 is 9.88 Å². The number of hydrogen-bond donors (Lipinski definition) is 1. The van der Waals surface area contributed by atoms with Gasteiger partial charge >= 0.3 is 0 Å². The van der Waals surface area contributed by atoms with Crippen molar-refractivity contribution in [3.63, 3.8) is 0 Å². The molecule has 1 atom stereocenters. The first-order chi connectivity index (χ1) is 15.3. The Morgan fingerprint density at radius 2 is 1.97 bits per heavy atom. The van der Waals surface area contributed by atoms with Crippen LogP contribution in [-0.4, -0.2) is 28.7 Å². The zero-order chi connectivity index (χ0) is 23.0. The quantitative estimate of drug-likeness (QED) is 0.599. The fourth-order valence-corrected chi connectivity index (χ4v) is 5.16. The van der Waals surface area contributed by atoms with E-state index >= 15 is 0 Å². The van der Waals surface area contributed by atoms with Gasteiger partial charge in [-0.2, -0.15) is 0 Å². The summed E-state index contributed by atoms with van der Waals surface area (Å²) < 4.78 is 30.4. The molecule has 0 radical (unpaired) electrons. The number of halogens is 2. The van der Waals surface area contributed by atoms with E-state index in [1.807, 2.05) is 35.9 Å². The van der Waals surface area contributed by atoms with Crippen molar-refractivity contribution < 1.29 is 18.4 Å². The summed E-state index contributed by atoms with van der Waals surface area (Å²) in [5.41, 5.74) is 1.46. The number of rotatable bonds is 5. The van der Waals surface area contributed by atoms with Crippen molar-refractivity contribution in [1.29, 1.82) is 0 Å². The first-order valence-electron chi connectivity index (χ1n) is 10.5. The number of aromatic nitrogens is 1. The summed E-state index contributed by atoms with van der Waals surface area (Å²) in [5.74, 6) is -2.00. The molecule has 0 aliphatic carbocycles. The minimum Gasteiger partial charge on any atom is -0.354 e. The molecule has 1 unspecified atom stereocenters. The van der Waals surface area contributed by atoms with Crippen LogP contribution in [0.3, 0.4) is 0 Å². The highest BCUT2D eigenvalue weighted by molar-refractivity contribution is 8.00. The van der Waals surface area contributed by atoms with E-state index in [0.29, 0.717) is 18.0 Å². The summed E-state index contributed by atoms with van der Waals surface area (Å²) in [4.78, 5) is 27.9. The molecule has 3 aromatic rings. The van der Waals surface area contributed by atoms with E-state index in [4.69, 9.17) is 0 Å². The van der Waals surface area contributed by atoms with Crippen LogP contribution in [0, 0.1) is 17.6 Å². The van der Waals surface area contributed by atoms with E-state index in [2.05, 4.69) is 19.2 Å². The molecule has 1 aliphatic rings. The molecule has 1 N–H and O–H groups in total. The summed E-state index contributed by atoms with van der Waals surface area (Å²) in [6.45, 7) is 4.55. The number of hydrogen-bond acceptors (Lipinski definition) is 3. The lowest BCUT2D eigenvalue weighted by Crippen LogP contribution is -2.44. The van der Waals surface area contributed by atoms with E-state index in [1.165, 1.54) is 22.7 Å². The highest BCUT2D eigenvalue weighted by Crippen LogP contribution is 2.43. The number of carbonyl (C=O) groups excluding carboxylic acids is 2. The Balaban J connectivity index is 1.91. The van der Waals surface area contributed by atoms with Gasteiger partial charge in [-0.25, -0.2) is 8.78 Å². The van der Waals surface area contributed by atoms with Gasteiger partial charge in [0.2, 0.25) is 11.8 Å². The topological polar surface area (TPSA) is 54.3 Å². The third-order valence-electron chi connectivity index (χ3n) is 5.66. The number of amides is 2. The molecule has 1 aromatic heterocycles. The van der Waals surface area contributed by atoms with Gasteiger partial charge in [0.25, 0.3) is 0 Å². The zero-order valence-electron chi connectivity index (χ0n) is 18.2. The van der Waals surface area contributed by atoms with Crippen molar-refractivity contribution in [2.75, 3.05) is 17.2 Å². The normalized spacial score (nSPS) is 16.4. The van der Waals surface area contributed by atoms with Crippen molar-refractivity contribution in [2.24, 2.45) is 13.0 Å². The van der Waals surface area contributed by atoms with Gasteiger partial charge in [0.05, 0.1) is 16.5 Å². The molecule has 4 rings (SSSR count). The number of benzene rings is 2. The van der Waals surface area contributed by atoms with Gasteiger partial charge in [-0.3, -0.25) is 14.5 Å². The number of nitrogens with zero attached hydrogens (tertiary/aromatic N) is 2. The standard InChI is InChI=1S/C24H25F2N3O2S/c1-14(2)10-11-27-23(31)22-21-16-6-4-5-7-18(16)28(3)24(21)32-13-20(30)29(22)19-9-8-15(25)12-17(19)26/h4-9,12,14,22H,10-11,13H2,1-3H3,(H,27,31). The fraction of sp³-hybridized carbons (Fsp3) is 0.333. The van der Waals surface area contributed by atoms with E-state index in [9.17, 15) is 18.4 Å². The third-order valence-corrected chi connectivity index (χ3v) is 6.82. The smallest absolute Gasteiger partial charge is 0.247 e. The molecule has 2 amide bonds. The number of anilines is 1. The molecule has 0 fully saturated rings. The number of aryl methyl sites for hydroxylation is 1. The monoisotopic (exact) mass is 457 g/mol. The Morgan fingerprint density at radius 3 is 2.69 bits per heavy atom. The van der Waals surface area contributed by atoms with Crippen molar-refractivity contribution >= 4 is 40.2 Å². The average Bonchev–Trinajstić information content (AvgIpc) is 2.92. The van der Waals surface area contributed by atoms with Crippen LogP contribution in [-0.2, 0) is 16.6 Å². The molecule has 0 spiro atoms. The number of nitrogens with one attached hydrogen (secondary N) is 1. The molecule has 0 bridgehead atoms. The molecule has 8 heteroatoms. The summed E-state index contributed by atoms with van der Waals surface area (Å²) in [6, 6.07) is 9.60. The highest BCUT2D eigenvalue weighted by atomic mass is 32.2. The first-order valence-corrected chi connectivity index (χ1v) is 11.5. The molecule has 0 saturated heterocycles. The minimum absolute atomic E-state index is 0.0315. The van der Waals surface area contributed by atoms with E-state index in [-0.39, 0.29) is 17.3 Å². The van der Waals surface area contributed by atoms with Crippen molar-refractivity contribution in [1.82, 2.24) is 9.88 Å². The Hall–Kier alpha value is -2.87. The number of fused-ring (bicyclic) bond motifs is 3. The molecule has 32 heavy (non-hydrogen) atoms. The molecule has 2 aromatic carbocycles. The van der Waals surface area contributed by atoms with Gasteiger partial charge in [-0.05, 0) is 30.5 Å². The lowest BCUT2D eigenvalue weighted by molar-refractivity contribution is -0.125. The summed E-state index contributed by atoms with van der Waals surface area (Å²) in [7, 11) is 1.89. The molecular weight excluding hydrogens is 432 g/mol. The number of carbonyl (C=O) groups is 2. The summed E-state index contributed by atoms with van der Waals surface area (Å²) in [6.07, 6.45) is 0.772. The molecule has 1 aliphatic heterocycles. The van der Waals surface area contributed by atoms with Crippen LogP contribution in [0.25, 0.3) is 10.9 Å². The molecular formula is C24H25F2N3O2S. The maximum atomic E-state index is 14.9. The van der Waals surface area contributed by atoms with Crippen LogP contribution in [0.5, 0.6) is 0 Å². The predicted molar refractivity (Wildman–Crippen MR) is 123 cm³/mol. The van der Waals surface area contributed by atoms with Crippen LogP contribution in [0.2, 0.25) is 0 Å². The maximum Gasteiger partial charge on any atom is 0.247 e. The van der Waals surface area contributed by atoms with Crippen molar-refractivity contribution in [3.8, 4) is 0 Å². The number of thioether (sulfide) groups is 1. The zero-order valence-corrected chi connectivity index (χ0v) is 19.0. The van der Waals surface area contributed by atoms with Crippen LogP contribution in [0.1, 0.15) is 31.9 Å². The van der Waals surface area contributed by atoms with Crippen LogP contribution in [0.4, 0.5) is 14.5 Å². The van der Waals surface area contributed by atoms with E-state index in [1.54, 1.807) is 0 Å². The Labute approximate surface area is 189 Å². The second-order valence-corrected chi connectivity index (χ2v) is 9.28. The second kappa shape index (κ2) is 8.94. The van der Waals surface area contributed by atoms with Crippen molar-refractivity contribution in [2.45, 2.75) is 31.3 Å². The Bertz CT molecular complexity index is 1190. The highest BCUT2D eigenvalue weighted by Gasteiger charge is 2.40. The van der Waals surface area contributed by atoms with Gasteiger partial charge in [-0.1, -0.05) is 43.8 Å². The van der Waals surface area contributed by atoms with Crippen molar-refractivity contribution in [3.05, 3.63) is 59.7 Å². The Morgan fingerprint density at radius 1 is 1.22 bits per heavy atom. The maximum absolute atomic E-state index is 14.9. The summed E-state index contributed by atoms with van der Waals surface area (Å²) in [5, 5.41) is 4.54. The van der Waals surface area contributed by atoms with Gasteiger partial charge in [-0.15, -0.1) is 0 Å². The average molecular weight is 458 g/mol. The lowest BCUT2D eigenvalue weighted by Gasteiger charge is -2.30. The fourth-order valence-electron chi connectivity index (χ4n) is 4.09. The van der Waals surface area contributed by atoms with Gasteiger partial charge in [0.15, 0.2) is 0 Å². The van der Waals surface area contributed by atoms with Crippen LogP contribution < -0.4 is 10.2 Å². The van der Waals surface area contributed by atoms with Gasteiger partial charge in [0.1, 0.15) is 17.7 Å². The SMILES string of the molecule is CC(C)CCNC(=O)C1c2c(n(C)c3ccccc23)SCC(=O)N1c1ccc(F)cc1F. The minimum atomic E-state index is -1.08. The summed E-state index contributed by atoms with van der Waals surface area (Å²) >= 11 is 1.32. The molecule has 5 nitrogen and oxygen atoms in total. The largest absolute Gasteiger partial charge is 0.354 e. The van der Waals surface area contributed by atoms with Crippen LogP contribution in [0.15, 0.2) is 47.5 Å².